The topological polar surface area (TPSA) is 65.0 Å². The number of allylic oxidation sites excluding steroid dienone is 2. The first-order valence-corrected chi connectivity index (χ1v) is 12.3. The molecule has 6 rings (SSSR count). The lowest BCUT2D eigenvalue weighted by atomic mass is 9.58. The van der Waals surface area contributed by atoms with Crippen LogP contribution in [-0.4, -0.2) is 25.5 Å². The van der Waals surface area contributed by atoms with Crippen LogP contribution in [0.4, 0.5) is 4.39 Å². The smallest absolute Gasteiger partial charge is 0.226 e. The van der Waals surface area contributed by atoms with E-state index in [0.717, 1.165) is 46.6 Å². The zero-order valence-electron chi connectivity index (χ0n) is 20.5. The van der Waals surface area contributed by atoms with Crippen LogP contribution in [0.25, 0.3) is 33.2 Å². The molecule has 0 bridgehead atoms. The molecule has 3 aromatic heterocycles. The van der Waals surface area contributed by atoms with E-state index in [4.69, 9.17) is 16.7 Å². The monoisotopic (exact) mass is 489 g/mol. The van der Waals surface area contributed by atoms with Crippen LogP contribution in [0.1, 0.15) is 31.5 Å². The van der Waals surface area contributed by atoms with Crippen LogP contribution in [0.5, 0.6) is 0 Å². The molecular formula is C30H24FN5O. The van der Waals surface area contributed by atoms with Gasteiger partial charge in [-0.1, -0.05) is 38.1 Å². The number of carbonyl (C=O) groups excluding carboxylic acids is 1. The Kier molecular flexibility index (Phi) is 5.34. The van der Waals surface area contributed by atoms with Crippen molar-refractivity contribution in [3.63, 3.8) is 0 Å². The Balaban J connectivity index is 1.56. The molecule has 0 saturated heterocycles. The Morgan fingerprint density at radius 1 is 1.11 bits per heavy atom. The minimum Gasteiger partial charge on any atom is -0.308 e. The second kappa shape index (κ2) is 8.59. The van der Waals surface area contributed by atoms with Crippen LogP contribution < -0.4 is 0 Å². The van der Waals surface area contributed by atoms with Gasteiger partial charge in [0.15, 0.2) is 11.6 Å². The van der Waals surface area contributed by atoms with Crippen molar-refractivity contribution in [1.82, 2.24) is 19.7 Å². The second-order valence-corrected chi connectivity index (χ2v) is 9.94. The van der Waals surface area contributed by atoms with Crippen LogP contribution in [-0.2, 0) is 16.6 Å². The van der Waals surface area contributed by atoms with Crippen molar-refractivity contribution in [3.8, 4) is 28.3 Å². The van der Waals surface area contributed by atoms with E-state index in [1.54, 1.807) is 18.5 Å². The van der Waals surface area contributed by atoms with Gasteiger partial charge in [0.05, 0.1) is 18.0 Å². The molecule has 0 saturated carbocycles. The Hall–Kier alpha value is -4.44. The Morgan fingerprint density at radius 3 is 2.68 bits per heavy atom. The number of rotatable bonds is 3. The van der Waals surface area contributed by atoms with Crippen molar-refractivity contribution in [2.75, 3.05) is 0 Å². The van der Waals surface area contributed by atoms with E-state index in [1.807, 2.05) is 54.1 Å². The van der Waals surface area contributed by atoms with Gasteiger partial charge in [-0.05, 0) is 60.7 Å². The number of carbonyl (C=O) groups is 1. The molecule has 4 aromatic rings. The highest BCUT2D eigenvalue weighted by atomic mass is 19.1. The highest BCUT2D eigenvalue weighted by Gasteiger charge is 2.50. The minimum absolute atomic E-state index is 0.0385. The normalized spacial score (nSPS) is 22.5. The molecule has 0 amide bonds. The van der Waals surface area contributed by atoms with Crippen molar-refractivity contribution < 1.29 is 9.18 Å². The van der Waals surface area contributed by atoms with Crippen LogP contribution in [0.15, 0.2) is 78.8 Å². The molecule has 0 radical (unpaired) electrons. The average Bonchev–Trinajstić information content (AvgIpc) is 3.32. The zero-order chi connectivity index (χ0) is 25.7. The Morgan fingerprint density at radius 2 is 1.97 bits per heavy atom. The van der Waals surface area contributed by atoms with Gasteiger partial charge in [-0.15, -0.1) is 0 Å². The van der Waals surface area contributed by atoms with Gasteiger partial charge in [0.1, 0.15) is 11.5 Å². The number of hydrogen-bond donors (Lipinski definition) is 0. The summed E-state index contributed by atoms with van der Waals surface area (Å²) in [6.07, 6.45) is 6.87. The fourth-order valence-corrected chi connectivity index (χ4v) is 6.04. The number of halogens is 1. The van der Waals surface area contributed by atoms with Gasteiger partial charge in [0, 0.05) is 34.9 Å². The fraction of sp³-hybridized carbons (Fsp3) is 0.233. The van der Waals surface area contributed by atoms with Gasteiger partial charge in [0.2, 0.25) is 5.70 Å². The summed E-state index contributed by atoms with van der Waals surface area (Å²) < 4.78 is 15.6. The van der Waals surface area contributed by atoms with Crippen LogP contribution in [0.2, 0.25) is 0 Å². The Bertz CT molecular complexity index is 1600. The van der Waals surface area contributed by atoms with Gasteiger partial charge >= 0.3 is 0 Å². The van der Waals surface area contributed by atoms with Crippen LogP contribution in [0.3, 0.4) is 0 Å². The summed E-state index contributed by atoms with van der Waals surface area (Å²) >= 11 is 0. The van der Waals surface area contributed by atoms with E-state index in [1.165, 1.54) is 12.1 Å². The first kappa shape index (κ1) is 23.0. The molecule has 0 fully saturated rings. The number of benzene rings is 1. The quantitative estimate of drug-likeness (QED) is 0.332. The molecule has 0 aliphatic heterocycles. The van der Waals surface area contributed by atoms with Crippen molar-refractivity contribution in [2.45, 2.75) is 32.1 Å². The number of Topliss-reactive ketones (excluding diaryl/α,β-unsaturated/α-hetero) is 1. The highest BCUT2D eigenvalue weighted by molar-refractivity contribution is 6.00. The summed E-state index contributed by atoms with van der Waals surface area (Å²) in [7, 11) is 0. The molecule has 2 aliphatic carbocycles. The number of aromatic nitrogens is 4. The average molecular weight is 490 g/mol. The maximum atomic E-state index is 13.8. The summed E-state index contributed by atoms with van der Waals surface area (Å²) in [5.41, 5.74) is 4.70. The van der Waals surface area contributed by atoms with Crippen LogP contribution in [0, 0.1) is 24.2 Å². The molecule has 0 unspecified atom stereocenters. The van der Waals surface area contributed by atoms with Gasteiger partial charge < -0.3 is 4.79 Å². The van der Waals surface area contributed by atoms with Gasteiger partial charge in [-0.25, -0.2) is 18.9 Å². The van der Waals surface area contributed by atoms with Gasteiger partial charge in [-0.2, -0.15) is 5.10 Å². The van der Waals surface area contributed by atoms with Crippen LogP contribution >= 0.6 is 0 Å². The maximum absolute atomic E-state index is 13.8. The van der Waals surface area contributed by atoms with E-state index in [-0.39, 0.29) is 29.1 Å². The SMILES string of the molecule is [C-]#[N+]C1=C[C@@]2(C)c3c(c(-c4ccccn4)nn3-c3ccc(-c4cccc(F)c4)cn3)CC[C@@H]2[C@@H](C)C1=O. The third kappa shape index (κ3) is 3.60. The molecule has 6 nitrogen and oxygen atoms in total. The largest absolute Gasteiger partial charge is 0.308 e. The summed E-state index contributed by atoms with van der Waals surface area (Å²) in [5.74, 6) is -0.00356. The molecule has 2 aliphatic rings. The van der Waals surface area contributed by atoms with Gasteiger partial charge in [-0.3, -0.25) is 4.98 Å². The third-order valence-corrected chi connectivity index (χ3v) is 7.83. The lowest BCUT2D eigenvalue weighted by molar-refractivity contribution is -0.121. The molecule has 0 N–H and O–H groups in total. The fourth-order valence-electron chi connectivity index (χ4n) is 6.04. The van der Waals surface area contributed by atoms with E-state index in [9.17, 15) is 9.18 Å². The molecule has 182 valence electrons. The summed E-state index contributed by atoms with van der Waals surface area (Å²) in [4.78, 5) is 25.8. The predicted octanol–water partition coefficient (Wildman–Crippen LogP) is 5.98. The highest BCUT2D eigenvalue weighted by Crippen LogP contribution is 2.52. The first-order chi connectivity index (χ1) is 17.9. The first-order valence-electron chi connectivity index (χ1n) is 12.3. The minimum atomic E-state index is -0.580. The summed E-state index contributed by atoms with van der Waals surface area (Å²) in [5, 5.41) is 5.02. The summed E-state index contributed by atoms with van der Waals surface area (Å²) in [6.45, 7) is 11.7. The summed E-state index contributed by atoms with van der Waals surface area (Å²) in [6, 6.07) is 15.9. The number of pyridine rings is 2. The lowest BCUT2D eigenvalue weighted by Gasteiger charge is -2.45. The standard InChI is InChI=1S/C30H24FN5O/c1-18-23-12-11-22-27(24-9-4-5-14-33-24)35-36(29(22)30(23,2)16-25(32-3)28(18)37)26-13-10-20(17-34-26)19-7-6-8-21(31)15-19/h4-10,13-18,23H,11-12H2,1-2H3/t18-,23-,30-/m1/s1. The van der Waals surface area contributed by atoms with Gasteiger partial charge in [0.25, 0.3) is 0 Å². The van der Waals surface area contributed by atoms with E-state index in [0.29, 0.717) is 5.82 Å². The lowest BCUT2D eigenvalue weighted by Crippen LogP contribution is -2.46. The molecule has 0 spiro atoms. The molecule has 7 heteroatoms. The second-order valence-electron chi connectivity index (χ2n) is 9.94. The Labute approximate surface area is 214 Å². The van der Waals surface area contributed by atoms with E-state index in [2.05, 4.69) is 16.8 Å². The predicted molar refractivity (Wildman–Crippen MR) is 138 cm³/mol. The molecule has 3 heterocycles. The van der Waals surface area contributed by atoms with E-state index >= 15 is 0 Å². The third-order valence-electron chi connectivity index (χ3n) is 7.83. The van der Waals surface area contributed by atoms with E-state index < -0.39 is 5.41 Å². The van der Waals surface area contributed by atoms with Crippen molar-refractivity contribution in [1.29, 1.82) is 0 Å². The van der Waals surface area contributed by atoms with Crippen molar-refractivity contribution in [3.05, 3.63) is 107 Å². The molecule has 37 heavy (non-hydrogen) atoms. The number of hydrogen-bond acceptors (Lipinski definition) is 4. The number of ketones is 1. The molecule has 1 aromatic carbocycles. The molecule has 3 atom stereocenters. The number of nitrogens with zero attached hydrogens (tertiary/aromatic N) is 5. The molecular weight excluding hydrogens is 465 g/mol. The number of fused-ring (bicyclic) bond motifs is 3. The van der Waals surface area contributed by atoms with Crippen molar-refractivity contribution >= 4 is 5.78 Å². The maximum Gasteiger partial charge on any atom is 0.226 e. The van der Waals surface area contributed by atoms with Crippen molar-refractivity contribution in [2.24, 2.45) is 11.8 Å². The zero-order valence-corrected chi connectivity index (χ0v) is 20.5.